The predicted octanol–water partition coefficient (Wildman–Crippen LogP) is 4.55. The van der Waals surface area contributed by atoms with E-state index in [2.05, 4.69) is 19.2 Å². The third-order valence-corrected chi connectivity index (χ3v) is 4.53. The second kappa shape index (κ2) is 11.1. The Balaban J connectivity index is 1.85. The normalized spacial score (nSPS) is 12.6. The summed E-state index contributed by atoms with van der Waals surface area (Å²) in [5.74, 6) is 0.564. The average Bonchev–Trinajstić information content (AvgIpc) is 2.73. The molecule has 0 aliphatic rings. The Morgan fingerprint density at radius 3 is 2.17 bits per heavy atom. The number of nitrogens with one attached hydrogen (secondary N) is 1. The fraction of sp³-hybridized carbons (Fsp3) is 0.391. The van der Waals surface area contributed by atoms with Crippen molar-refractivity contribution in [2.45, 2.75) is 46.1 Å². The van der Waals surface area contributed by atoms with Gasteiger partial charge in [-0.25, -0.2) is 4.79 Å². The van der Waals surface area contributed by atoms with Crippen molar-refractivity contribution in [3.63, 3.8) is 0 Å². The molecule has 0 radical (unpaired) electrons. The molecule has 0 bridgehead atoms. The van der Waals surface area contributed by atoms with Gasteiger partial charge in [-0.3, -0.25) is 4.79 Å². The maximum atomic E-state index is 12.4. The number of anilines is 1. The van der Waals surface area contributed by atoms with Crippen molar-refractivity contribution in [3.05, 3.63) is 54.1 Å². The molecule has 0 saturated carbocycles. The third kappa shape index (κ3) is 6.82. The monoisotopic (exact) mass is 399 g/mol. The average molecular weight is 399 g/mol. The van der Waals surface area contributed by atoms with Crippen LogP contribution in [0.15, 0.2) is 48.5 Å². The van der Waals surface area contributed by atoms with E-state index in [1.54, 1.807) is 24.3 Å². The zero-order chi connectivity index (χ0) is 21.2. The lowest BCUT2D eigenvalue weighted by molar-refractivity contribution is -0.155. The smallest absolute Gasteiger partial charge is 0.344 e. The van der Waals surface area contributed by atoms with Gasteiger partial charge < -0.3 is 19.5 Å². The maximum Gasteiger partial charge on any atom is 0.344 e. The van der Waals surface area contributed by atoms with Gasteiger partial charge in [0.05, 0.1) is 6.61 Å². The number of carbonyl (C=O) groups is 2. The number of para-hydroxylation sites is 1. The summed E-state index contributed by atoms with van der Waals surface area (Å²) in [5, 5.41) is 2.85. The number of rotatable bonds is 10. The molecule has 2 aromatic carbocycles. The van der Waals surface area contributed by atoms with Gasteiger partial charge in [-0.1, -0.05) is 32.0 Å². The summed E-state index contributed by atoms with van der Waals surface area (Å²) >= 11 is 0. The molecule has 2 aromatic rings. The number of amides is 1. The molecule has 0 aliphatic heterocycles. The van der Waals surface area contributed by atoms with Gasteiger partial charge in [-0.2, -0.15) is 0 Å². The van der Waals surface area contributed by atoms with E-state index in [1.165, 1.54) is 6.92 Å². The molecule has 0 saturated heterocycles. The number of benzene rings is 2. The maximum absolute atomic E-state index is 12.4. The topological polar surface area (TPSA) is 73.9 Å². The largest absolute Gasteiger partial charge is 0.494 e. The fourth-order valence-corrected chi connectivity index (χ4v) is 2.72. The zero-order valence-electron chi connectivity index (χ0n) is 17.4. The van der Waals surface area contributed by atoms with Crippen LogP contribution in [-0.2, 0) is 14.3 Å². The summed E-state index contributed by atoms with van der Waals surface area (Å²) in [6, 6.07) is 14.6. The SMILES string of the molecule is CCOc1ccc(OCC(=O)O[C@H](C)C(=O)Nc2ccccc2[C@H](C)CC)cc1. The summed E-state index contributed by atoms with van der Waals surface area (Å²) < 4.78 is 16.0. The van der Waals surface area contributed by atoms with Crippen LogP contribution in [0.25, 0.3) is 0 Å². The highest BCUT2D eigenvalue weighted by molar-refractivity contribution is 5.95. The minimum absolute atomic E-state index is 0.283. The van der Waals surface area contributed by atoms with Crippen LogP contribution < -0.4 is 14.8 Å². The van der Waals surface area contributed by atoms with E-state index in [1.807, 2.05) is 31.2 Å². The third-order valence-electron chi connectivity index (χ3n) is 4.53. The number of ether oxygens (including phenoxy) is 3. The second-order valence-corrected chi connectivity index (χ2v) is 6.71. The van der Waals surface area contributed by atoms with E-state index in [0.717, 1.165) is 23.4 Å². The van der Waals surface area contributed by atoms with E-state index in [0.29, 0.717) is 18.3 Å². The predicted molar refractivity (Wildman–Crippen MR) is 112 cm³/mol. The Morgan fingerprint density at radius 1 is 0.931 bits per heavy atom. The molecule has 0 aromatic heterocycles. The first-order valence-corrected chi connectivity index (χ1v) is 9.89. The number of hydrogen-bond acceptors (Lipinski definition) is 5. The molecule has 1 N–H and O–H groups in total. The minimum atomic E-state index is -0.934. The van der Waals surface area contributed by atoms with Crippen LogP contribution in [0.3, 0.4) is 0 Å². The Labute approximate surface area is 172 Å². The van der Waals surface area contributed by atoms with E-state index in [4.69, 9.17) is 14.2 Å². The van der Waals surface area contributed by atoms with Crippen LogP contribution in [0.4, 0.5) is 5.69 Å². The molecule has 29 heavy (non-hydrogen) atoms. The first-order valence-electron chi connectivity index (χ1n) is 9.89. The van der Waals surface area contributed by atoms with Crippen molar-refractivity contribution in [2.75, 3.05) is 18.5 Å². The van der Waals surface area contributed by atoms with E-state index in [9.17, 15) is 9.59 Å². The molecule has 6 heteroatoms. The van der Waals surface area contributed by atoms with Crippen molar-refractivity contribution in [3.8, 4) is 11.5 Å². The highest BCUT2D eigenvalue weighted by atomic mass is 16.6. The van der Waals surface area contributed by atoms with Crippen LogP contribution in [-0.4, -0.2) is 31.2 Å². The van der Waals surface area contributed by atoms with Crippen molar-refractivity contribution in [2.24, 2.45) is 0 Å². The lowest BCUT2D eigenvalue weighted by Gasteiger charge is -2.18. The van der Waals surface area contributed by atoms with Gasteiger partial charge in [0.1, 0.15) is 11.5 Å². The molecular weight excluding hydrogens is 370 g/mol. The van der Waals surface area contributed by atoms with Crippen molar-refractivity contribution >= 4 is 17.6 Å². The minimum Gasteiger partial charge on any atom is -0.494 e. The lowest BCUT2D eigenvalue weighted by Crippen LogP contribution is -2.32. The van der Waals surface area contributed by atoms with Gasteiger partial charge in [-0.15, -0.1) is 0 Å². The summed E-state index contributed by atoms with van der Waals surface area (Å²) in [6.45, 7) is 7.94. The molecule has 0 fully saturated rings. The molecule has 2 atom stereocenters. The zero-order valence-corrected chi connectivity index (χ0v) is 17.4. The molecule has 0 aliphatic carbocycles. The lowest BCUT2D eigenvalue weighted by atomic mass is 9.97. The molecule has 156 valence electrons. The Morgan fingerprint density at radius 2 is 1.55 bits per heavy atom. The molecule has 2 rings (SSSR count). The Kier molecular flexibility index (Phi) is 8.52. The molecule has 0 heterocycles. The van der Waals surface area contributed by atoms with Crippen LogP contribution in [0.5, 0.6) is 11.5 Å². The van der Waals surface area contributed by atoms with Crippen LogP contribution in [0.2, 0.25) is 0 Å². The van der Waals surface area contributed by atoms with E-state index >= 15 is 0 Å². The standard InChI is InChI=1S/C23H29NO5/c1-5-16(3)20-9-7-8-10-21(20)24-23(26)17(4)29-22(25)15-28-19-13-11-18(12-14-19)27-6-2/h7-14,16-17H,5-6,15H2,1-4H3,(H,24,26)/t16-,17-/m1/s1. The van der Waals surface area contributed by atoms with Gasteiger partial charge in [0, 0.05) is 5.69 Å². The molecule has 0 spiro atoms. The van der Waals surface area contributed by atoms with Crippen molar-refractivity contribution in [1.29, 1.82) is 0 Å². The van der Waals surface area contributed by atoms with Gasteiger partial charge in [0.25, 0.3) is 5.91 Å². The number of esters is 1. The fourth-order valence-electron chi connectivity index (χ4n) is 2.72. The Hall–Kier alpha value is -3.02. The molecule has 1 amide bonds. The second-order valence-electron chi connectivity index (χ2n) is 6.71. The first kappa shape index (κ1) is 22.3. The summed E-state index contributed by atoms with van der Waals surface area (Å²) in [5.41, 5.74) is 1.79. The van der Waals surface area contributed by atoms with E-state index < -0.39 is 12.1 Å². The molecular formula is C23H29NO5. The Bertz CT molecular complexity index is 803. The molecule has 6 nitrogen and oxygen atoms in total. The van der Waals surface area contributed by atoms with E-state index in [-0.39, 0.29) is 12.5 Å². The highest BCUT2D eigenvalue weighted by Crippen LogP contribution is 2.26. The van der Waals surface area contributed by atoms with Gasteiger partial charge in [0.15, 0.2) is 12.7 Å². The van der Waals surface area contributed by atoms with Crippen LogP contribution >= 0.6 is 0 Å². The number of hydrogen-bond donors (Lipinski definition) is 1. The van der Waals surface area contributed by atoms with Crippen LogP contribution in [0, 0.1) is 0 Å². The summed E-state index contributed by atoms with van der Waals surface area (Å²) in [7, 11) is 0. The highest BCUT2D eigenvalue weighted by Gasteiger charge is 2.20. The quantitative estimate of drug-likeness (QED) is 0.594. The van der Waals surface area contributed by atoms with Gasteiger partial charge in [0.2, 0.25) is 0 Å². The van der Waals surface area contributed by atoms with Crippen LogP contribution in [0.1, 0.15) is 45.6 Å². The summed E-state index contributed by atoms with van der Waals surface area (Å²) in [4.78, 5) is 24.5. The van der Waals surface area contributed by atoms with Crippen molar-refractivity contribution < 1.29 is 23.8 Å². The number of carbonyl (C=O) groups excluding carboxylic acids is 2. The first-order chi connectivity index (χ1) is 13.9. The van der Waals surface area contributed by atoms with Gasteiger partial charge >= 0.3 is 5.97 Å². The van der Waals surface area contributed by atoms with Crippen molar-refractivity contribution in [1.82, 2.24) is 0 Å². The summed E-state index contributed by atoms with van der Waals surface area (Å²) in [6.07, 6.45) is 0.0248. The molecule has 0 unspecified atom stereocenters. The van der Waals surface area contributed by atoms with Gasteiger partial charge in [-0.05, 0) is 62.1 Å².